The highest BCUT2D eigenvalue weighted by Gasteiger charge is 2.51. The summed E-state index contributed by atoms with van der Waals surface area (Å²) < 4.78 is 5.80. The van der Waals surface area contributed by atoms with Gasteiger partial charge < -0.3 is 14.4 Å². The van der Waals surface area contributed by atoms with E-state index in [1.54, 1.807) is 42.5 Å². The second kappa shape index (κ2) is 7.61. The summed E-state index contributed by atoms with van der Waals surface area (Å²) in [4.78, 5) is 27.3. The molecule has 0 fully saturated rings. The summed E-state index contributed by atoms with van der Waals surface area (Å²) in [6.45, 7) is 0.126. The molecule has 4 rings (SSSR count). The monoisotopic (exact) mass is 493 g/mol. The molecule has 1 aliphatic rings. The minimum Gasteiger partial charge on any atom is -0.461 e. The number of rotatable bonds is 5. The Bertz CT molecular complexity index is 1120. The number of furan rings is 1. The molecule has 8 heteroatoms. The molecule has 3 aromatic rings. The lowest BCUT2D eigenvalue weighted by atomic mass is 9.89. The van der Waals surface area contributed by atoms with Crippen LogP contribution in [0.4, 0.5) is 5.69 Å². The average molecular weight is 495 g/mol. The van der Waals surface area contributed by atoms with Crippen LogP contribution in [0.15, 0.2) is 63.7 Å². The molecule has 1 atom stereocenters. The van der Waals surface area contributed by atoms with Crippen LogP contribution in [0.1, 0.15) is 28.1 Å². The Morgan fingerprint density at radius 2 is 1.97 bits per heavy atom. The van der Waals surface area contributed by atoms with E-state index in [1.807, 2.05) is 0 Å². The van der Waals surface area contributed by atoms with Crippen LogP contribution in [-0.4, -0.2) is 16.8 Å². The number of anilines is 1. The third-order valence-corrected chi connectivity index (χ3v) is 5.93. The first-order chi connectivity index (χ1) is 13.8. The van der Waals surface area contributed by atoms with Gasteiger partial charge >= 0.3 is 0 Å². The van der Waals surface area contributed by atoms with Crippen LogP contribution >= 0.6 is 39.1 Å². The third kappa shape index (κ3) is 3.62. The van der Waals surface area contributed by atoms with Gasteiger partial charge in [0.15, 0.2) is 11.4 Å². The molecule has 0 saturated heterocycles. The first-order valence-electron chi connectivity index (χ1n) is 8.64. The van der Waals surface area contributed by atoms with E-state index in [0.29, 0.717) is 31.3 Å². The van der Waals surface area contributed by atoms with Crippen LogP contribution in [0.25, 0.3) is 0 Å². The number of fused-ring (bicyclic) bond motifs is 1. The van der Waals surface area contributed by atoms with Gasteiger partial charge in [-0.25, -0.2) is 0 Å². The summed E-state index contributed by atoms with van der Waals surface area (Å²) in [6, 6.07) is 13.2. The fourth-order valence-electron chi connectivity index (χ4n) is 3.43. The van der Waals surface area contributed by atoms with E-state index in [1.165, 1.54) is 17.2 Å². The van der Waals surface area contributed by atoms with Crippen LogP contribution in [0.5, 0.6) is 0 Å². The molecule has 1 unspecified atom stereocenters. The van der Waals surface area contributed by atoms with Gasteiger partial charge in [-0.1, -0.05) is 45.2 Å². The van der Waals surface area contributed by atoms with Crippen LogP contribution in [0.2, 0.25) is 10.0 Å². The van der Waals surface area contributed by atoms with Crippen molar-refractivity contribution in [1.29, 1.82) is 0 Å². The molecule has 1 aromatic heterocycles. The Labute approximate surface area is 185 Å². The summed E-state index contributed by atoms with van der Waals surface area (Å²) in [6.07, 6.45) is 0.931. The lowest BCUT2D eigenvalue weighted by Crippen LogP contribution is -2.41. The van der Waals surface area contributed by atoms with Crippen LogP contribution in [0.3, 0.4) is 0 Å². The minimum atomic E-state index is -2.01. The second-order valence-electron chi connectivity index (χ2n) is 6.73. The molecule has 0 radical (unpaired) electrons. The number of benzene rings is 2. The zero-order valence-corrected chi connectivity index (χ0v) is 18.0. The molecule has 0 bridgehead atoms. The summed E-state index contributed by atoms with van der Waals surface area (Å²) >= 11 is 15.6. The molecule has 0 saturated carbocycles. The fraction of sp³-hybridized carbons (Fsp3) is 0.143. The highest BCUT2D eigenvalue weighted by Crippen LogP contribution is 2.45. The van der Waals surface area contributed by atoms with Gasteiger partial charge in [0.2, 0.25) is 5.78 Å². The number of hydrogen-bond acceptors (Lipinski definition) is 4. The number of Topliss-reactive ketones (excluding diaryl/α,β-unsaturated/α-hetero) is 1. The Morgan fingerprint density at radius 1 is 1.17 bits per heavy atom. The van der Waals surface area contributed by atoms with Crippen molar-refractivity contribution >= 4 is 56.5 Å². The van der Waals surface area contributed by atoms with Gasteiger partial charge in [-0.15, -0.1) is 0 Å². The number of carbonyl (C=O) groups excluding carboxylic acids is 2. The van der Waals surface area contributed by atoms with Crippen molar-refractivity contribution in [2.45, 2.75) is 18.6 Å². The van der Waals surface area contributed by atoms with Gasteiger partial charge in [-0.3, -0.25) is 9.59 Å². The predicted octanol–water partition coefficient (Wildman–Crippen LogP) is 5.36. The summed E-state index contributed by atoms with van der Waals surface area (Å²) in [5.74, 6) is -0.985. The van der Waals surface area contributed by atoms with Crippen molar-refractivity contribution in [3.05, 3.63) is 86.2 Å². The number of amides is 1. The number of halogens is 3. The number of ketones is 1. The highest BCUT2D eigenvalue weighted by molar-refractivity contribution is 9.10. The SMILES string of the molecule is O=C(CC1(O)C(=O)N(Cc2ccc(Cl)cc2Cl)c2ccc(Br)cc21)c1ccco1. The van der Waals surface area contributed by atoms with Gasteiger partial charge in [-0.05, 0) is 48.0 Å². The minimum absolute atomic E-state index is 0.0852. The number of hydrogen-bond donors (Lipinski definition) is 1. The second-order valence-corrected chi connectivity index (χ2v) is 8.49. The Morgan fingerprint density at radius 3 is 2.66 bits per heavy atom. The topological polar surface area (TPSA) is 70.8 Å². The van der Waals surface area contributed by atoms with Crippen molar-refractivity contribution in [3.63, 3.8) is 0 Å². The molecule has 0 spiro atoms. The van der Waals surface area contributed by atoms with Gasteiger partial charge in [0, 0.05) is 20.1 Å². The predicted molar refractivity (Wildman–Crippen MR) is 113 cm³/mol. The summed E-state index contributed by atoms with van der Waals surface area (Å²) in [7, 11) is 0. The van der Waals surface area contributed by atoms with Crippen molar-refractivity contribution < 1.29 is 19.1 Å². The molecule has 0 aliphatic carbocycles. The molecule has 1 amide bonds. The maximum absolute atomic E-state index is 13.3. The normalized spacial score (nSPS) is 18.2. The maximum atomic E-state index is 13.3. The number of nitrogens with zero attached hydrogens (tertiary/aromatic N) is 1. The number of carbonyl (C=O) groups is 2. The lowest BCUT2D eigenvalue weighted by Gasteiger charge is -2.23. The molecular formula is C21H14BrCl2NO4. The van der Waals surface area contributed by atoms with E-state index in [2.05, 4.69) is 15.9 Å². The van der Waals surface area contributed by atoms with Crippen molar-refractivity contribution in [2.24, 2.45) is 0 Å². The molecule has 148 valence electrons. The van der Waals surface area contributed by atoms with Crippen molar-refractivity contribution in [2.75, 3.05) is 4.90 Å². The third-order valence-electron chi connectivity index (χ3n) is 4.85. The smallest absolute Gasteiger partial charge is 0.264 e. The Balaban J connectivity index is 1.73. The quantitative estimate of drug-likeness (QED) is 0.485. The first kappa shape index (κ1) is 20.2. The molecule has 29 heavy (non-hydrogen) atoms. The summed E-state index contributed by atoms with van der Waals surface area (Å²) in [5, 5.41) is 12.2. The van der Waals surface area contributed by atoms with Gasteiger partial charge in [0.05, 0.1) is 24.9 Å². The molecule has 1 N–H and O–H groups in total. The lowest BCUT2D eigenvalue weighted by molar-refractivity contribution is -0.136. The molecular weight excluding hydrogens is 481 g/mol. The molecule has 2 heterocycles. The van der Waals surface area contributed by atoms with Crippen LogP contribution in [-0.2, 0) is 16.9 Å². The largest absolute Gasteiger partial charge is 0.461 e. The Hall–Kier alpha value is -2.12. The molecule has 2 aromatic carbocycles. The highest BCUT2D eigenvalue weighted by atomic mass is 79.9. The Kier molecular flexibility index (Phi) is 5.29. The maximum Gasteiger partial charge on any atom is 0.264 e. The standard InChI is InChI=1S/C21H14BrCl2NO4/c22-13-4-6-17-15(8-13)21(28,10-18(26)19-2-1-7-29-19)20(27)25(17)11-12-3-5-14(23)9-16(12)24/h1-9,28H,10-11H2. The number of aliphatic hydroxyl groups is 1. The molecule has 1 aliphatic heterocycles. The average Bonchev–Trinajstić information content (AvgIpc) is 3.27. The van der Waals surface area contributed by atoms with Gasteiger partial charge in [-0.2, -0.15) is 0 Å². The van der Waals surface area contributed by atoms with Gasteiger partial charge in [0.25, 0.3) is 5.91 Å². The van der Waals surface area contributed by atoms with E-state index >= 15 is 0 Å². The van der Waals surface area contributed by atoms with Crippen LogP contribution in [0, 0.1) is 0 Å². The van der Waals surface area contributed by atoms with Gasteiger partial charge in [0.1, 0.15) is 0 Å². The van der Waals surface area contributed by atoms with Crippen molar-refractivity contribution in [1.82, 2.24) is 0 Å². The van der Waals surface area contributed by atoms with Crippen LogP contribution < -0.4 is 4.90 Å². The van der Waals surface area contributed by atoms with E-state index in [9.17, 15) is 14.7 Å². The van der Waals surface area contributed by atoms with E-state index < -0.39 is 23.7 Å². The molecule has 5 nitrogen and oxygen atoms in total. The van der Waals surface area contributed by atoms with E-state index in [-0.39, 0.29) is 12.3 Å². The first-order valence-corrected chi connectivity index (χ1v) is 10.2. The van der Waals surface area contributed by atoms with E-state index in [0.717, 1.165) is 0 Å². The fourth-order valence-corrected chi connectivity index (χ4v) is 4.26. The zero-order valence-electron chi connectivity index (χ0n) is 14.9. The van der Waals surface area contributed by atoms with Crippen molar-refractivity contribution in [3.8, 4) is 0 Å². The van der Waals surface area contributed by atoms with E-state index in [4.69, 9.17) is 27.6 Å². The summed E-state index contributed by atoms with van der Waals surface area (Å²) in [5.41, 5.74) is -0.484. The zero-order chi connectivity index (χ0) is 20.8.